The molecule has 5 rings (SSSR count). The molecule has 0 unspecified atom stereocenters. The number of likely N-dealkylation sites (N-methyl/N-ethyl adjacent to an activating group) is 1. The van der Waals surface area contributed by atoms with Gasteiger partial charge in [0, 0.05) is 31.7 Å². The Balaban J connectivity index is 1.61. The third-order valence-corrected chi connectivity index (χ3v) is 5.93. The molecule has 7 nitrogen and oxygen atoms in total. The molecule has 0 fully saturated rings. The van der Waals surface area contributed by atoms with E-state index in [2.05, 4.69) is 33.1 Å². The predicted molar refractivity (Wildman–Crippen MR) is 107 cm³/mol. The predicted octanol–water partition coefficient (Wildman–Crippen LogP) is 2.45. The summed E-state index contributed by atoms with van der Waals surface area (Å²) in [7, 11) is 3.99. The van der Waals surface area contributed by atoms with Gasteiger partial charge in [0.05, 0.1) is 11.2 Å². The maximum atomic E-state index is 13.0. The number of thiazole rings is 1. The monoisotopic (exact) mass is 378 g/mol. The lowest BCUT2D eigenvalue weighted by molar-refractivity contribution is 0.370. The molecule has 0 radical (unpaired) electrons. The van der Waals surface area contributed by atoms with Gasteiger partial charge in [0.2, 0.25) is 0 Å². The summed E-state index contributed by atoms with van der Waals surface area (Å²) in [5.41, 5.74) is 3.16. The first-order chi connectivity index (χ1) is 13.1. The van der Waals surface area contributed by atoms with Crippen LogP contribution >= 0.6 is 11.3 Å². The van der Waals surface area contributed by atoms with E-state index in [4.69, 9.17) is 0 Å². The number of benzene rings is 1. The Labute approximate surface area is 159 Å². The molecule has 0 bridgehead atoms. The summed E-state index contributed by atoms with van der Waals surface area (Å²) < 4.78 is 3.32. The molecular weight excluding hydrogens is 360 g/mol. The molecule has 27 heavy (non-hydrogen) atoms. The van der Waals surface area contributed by atoms with Crippen molar-refractivity contribution in [1.29, 1.82) is 0 Å². The Morgan fingerprint density at radius 3 is 2.93 bits per heavy atom. The summed E-state index contributed by atoms with van der Waals surface area (Å²) >= 11 is 1.49. The number of aromatic nitrogens is 5. The Morgan fingerprint density at radius 1 is 1.22 bits per heavy atom. The van der Waals surface area contributed by atoms with E-state index in [1.165, 1.54) is 16.9 Å². The maximum absolute atomic E-state index is 13.0. The van der Waals surface area contributed by atoms with Crippen molar-refractivity contribution in [3.63, 3.8) is 0 Å². The number of hydrogen-bond donors (Lipinski definition) is 0. The van der Waals surface area contributed by atoms with Gasteiger partial charge in [-0.1, -0.05) is 17.4 Å². The van der Waals surface area contributed by atoms with Crippen molar-refractivity contribution in [3.8, 4) is 5.69 Å². The van der Waals surface area contributed by atoms with Gasteiger partial charge in [0.1, 0.15) is 11.3 Å². The summed E-state index contributed by atoms with van der Waals surface area (Å²) in [6, 6.07) is 5.75. The van der Waals surface area contributed by atoms with Crippen molar-refractivity contribution in [3.05, 3.63) is 52.2 Å². The van der Waals surface area contributed by atoms with Gasteiger partial charge in [-0.15, -0.1) is 0 Å². The summed E-state index contributed by atoms with van der Waals surface area (Å²) in [5.74, 6) is 0. The van der Waals surface area contributed by atoms with Crippen molar-refractivity contribution in [2.24, 2.45) is 7.05 Å². The second-order valence-corrected chi connectivity index (χ2v) is 7.86. The molecule has 0 saturated heterocycles. The van der Waals surface area contributed by atoms with Crippen LogP contribution in [0.25, 0.3) is 32.5 Å². The lowest BCUT2D eigenvalue weighted by Crippen LogP contribution is -2.23. The highest BCUT2D eigenvalue weighted by Gasteiger charge is 2.17. The highest BCUT2D eigenvalue weighted by molar-refractivity contribution is 7.19. The van der Waals surface area contributed by atoms with E-state index in [9.17, 15) is 4.79 Å². The van der Waals surface area contributed by atoms with Gasteiger partial charge in [0.25, 0.3) is 5.56 Å². The fraction of sp³-hybridized carbons (Fsp3) is 0.263. The van der Waals surface area contributed by atoms with Crippen LogP contribution < -0.4 is 5.56 Å². The summed E-state index contributed by atoms with van der Waals surface area (Å²) in [5, 5.41) is 6.26. The average Bonchev–Trinajstić information content (AvgIpc) is 3.25. The Hall–Kier alpha value is -2.84. The lowest BCUT2D eigenvalue weighted by Gasteiger charge is -2.20. The van der Waals surface area contributed by atoms with Crippen molar-refractivity contribution >= 4 is 38.2 Å². The van der Waals surface area contributed by atoms with Gasteiger partial charge in [-0.05, 0) is 37.2 Å². The Kier molecular flexibility index (Phi) is 3.70. The third kappa shape index (κ3) is 2.77. The van der Waals surface area contributed by atoms with Crippen LogP contribution in [0.15, 0.2) is 41.6 Å². The molecule has 0 amide bonds. The van der Waals surface area contributed by atoms with E-state index in [1.807, 2.05) is 31.4 Å². The van der Waals surface area contributed by atoms with Crippen LogP contribution in [0.1, 0.15) is 11.4 Å². The van der Waals surface area contributed by atoms with E-state index < -0.39 is 0 Å². The van der Waals surface area contributed by atoms with Crippen LogP contribution in [0, 0.1) is 0 Å². The number of fused-ring (bicyclic) bond motifs is 2. The second-order valence-electron chi connectivity index (χ2n) is 6.88. The molecule has 4 heterocycles. The molecule has 4 aromatic rings. The molecule has 1 aliphatic rings. The third-order valence-electron chi connectivity index (χ3n) is 4.89. The average molecular weight is 378 g/mol. The smallest absolute Gasteiger partial charge is 0.285 e. The quantitative estimate of drug-likeness (QED) is 0.536. The summed E-state index contributed by atoms with van der Waals surface area (Å²) in [6.07, 6.45) is 6.66. The fourth-order valence-electron chi connectivity index (χ4n) is 3.39. The topological polar surface area (TPSA) is 68.8 Å². The lowest BCUT2D eigenvalue weighted by atomic mass is 10.1. The zero-order chi connectivity index (χ0) is 18.5. The van der Waals surface area contributed by atoms with E-state index in [0.717, 1.165) is 41.1 Å². The molecule has 1 aliphatic heterocycles. The minimum absolute atomic E-state index is 0.140. The maximum Gasteiger partial charge on any atom is 0.285 e. The van der Waals surface area contributed by atoms with E-state index in [1.54, 1.807) is 15.6 Å². The number of hydrogen-bond acceptors (Lipinski definition) is 6. The highest BCUT2D eigenvalue weighted by Crippen LogP contribution is 2.28. The van der Waals surface area contributed by atoms with Crippen LogP contribution in [0.2, 0.25) is 0 Å². The van der Waals surface area contributed by atoms with Crippen LogP contribution in [-0.4, -0.2) is 49.4 Å². The molecule has 3 aromatic heterocycles. The highest BCUT2D eigenvalue weighted by atomic mass is 32.1. The Bertz CT molecular complexity index is 1260. The van der Waals surface area contributed by atoms with Crippen LogP contribution in [0.5, 0.6) is 0 Å². The van der Waals surface area contributed by atoms with Crippen LogP contribution in [-0.2, 0) is 7.05 Å². The zero-order valence-electron chi connectivity index (χ0n) is 15.1. The van der Waals surface area contributed by atoms with Gasteiger partial charge >= 0.3 is 0 Å². The Morgan fingerprint density at radius 2 is 2.11 bits per heavy atom. The molecular formula is C19H18N6OS. The first-order valence-corrected chi connectivity index (χ1v) is 9.60. The van der Waals surface area contributed by atoms with Gasteiger partial charge in [0.15, 0.2) is 10.3 Å². The van der Waals surface area contributed by atoms with Gasteiger partial charge in [-0.3, -0.25) is 14.0 Å². The number of rotatable bonds is 2. The van der Waals surface area contributed by atoms with Crippen molar-refractivity contribution in [2.45, 2.75) is 6.42 Å². The SMILES string of the molecule is CN1CC=C(c2nc3c(=O)n(-c4ccc5nn(C)cc5c4)cnc3s2)CC1. The first-order valence-electron chi connectivity index (χ1n) is 8.78. The second kappa shape index (κ2) is 6.11. The van der Waals surface area contributed by atoms with Gasteiger partial charge in [-0.2, -0.15) is 5.10 Å². The van der Waals surface area contributed by atoms with E-state index in [0.29, 0.717) is 10.3 Å². The largest absolute Gasteiger partial charge is 0.302 e. The van der Waals surface area contributed by atoms with E-state index in [-0.39, 0.29) is 5.56 Å². The molecule has 1 aromatic carbocycles. The fourth-order valence-corrected chi connectivity index (χ4v) is 4.35. The van der Waals surface area contributed by atoms with Crippen molar-refractivity contribution in [1.82, 2.24) is 29.2 Å². The van der Waals surface area contributed by atoms with Gasteiger partial charge < -0.3 is 4.90 Å². The van der Waals surface area contributed by atoms with Crippen molar-refractivity contribution < 1.29 is 0 Å². The molecule has 0 atom stereocenters. The normalized spacial score (nSPS) is 15.6. The molecule has 8 heteroatoms. The van der Waals surface area contributed by atoms with E-state index >= 15 is 0 Å². The van der Waals surface area contributed by atoms with Gasteiger partial charge in [-0.25, -0.2) is 9.97 Å². The summed E-state index contributed by atoms with van der Waals surface area (Å²) in [4.78, 5) is 25.1. The van der Waals surface area contributed by atoms with Crippen LogP contribution in [0.3, 0.4) is 0 Å². The summed E-state index contributed by atoms with van der Waals surface area (Å²) in [6.45, 7) is 1.92. The zero-order valence-corrected chi connectivity index (χ0v) is 15.9. The molecule has 136 valence electrons. The first kappa shape index (κ1) is 16.3. The molecule has 0 saturated carbocycles. The van der Waals surface area contributed by atoms with Crippen LogP contribution in [0.4, 0.5) is 0 Å². The number of aryl methyl sites for hydroxylation is 1. The molecule has 0 N–H and O–H groups in total. The number of nitrogens with zero attached hydrogens (tertiary/aromatic N) is 6. The standard InChI is InChI=1S/C19H18N6OS/c1-23-7-5-12(6-8-23)17-21-16-18(27-17)20-11-25(19(16)26)14-3-4-15-13(9-14)10-24(2)22-15/h3-5,9-11H,6-8H2,1-2H3. The molecule has 0 aliphatic carbocycles. The minimum atomic E-state index is -0.140. The van der Waals surface area contributed by atoms with Crippen molar-refractivity contribution in [2.75, 3.05) is 20.1 Å². The minimum Gasteiger partial charge on any atom is -0.302 e. The molecule has 0 spiro atoms.